The van der Waals surface area contributed by atoms with Crippen LogP contribution in [0, 0.1) is 5.92 Å². The topological polar surface area (TPSA) is 95.9 Å². The number of hydrogen-bond acceptors (Lipinski definition) is 7. The number of piperazine rings is 1. The van der Waals surface area contributed by atoms with Gasteiger partial charge in [0.2, 0.25) is 12.3 Å². The normalized spacial score (nSPS) is 24.4. The number of fused-ring (bicyclic) bond motifs is 1. The van der Waals surface area contributed by atoms with Crippen LogP contribution < -0.4 is 15.5 Å². The fraction of sp³-hybridized carbons (Fsp3) is 0.526. The van der Waals surface area contributed by atoms with Gasteiger partial charge in [-0.2, -0.15) is 0 Å². The standard InChI is InChI=1S/C19H21F2N7O/c20-18(21)11-5-15(29)27-19-16(11)17(24-9-25-19)12-6-22-7-14(26-12)28-4-3-23-13(8-28)10-1-2-10/h6-7,9-11,13,18,23H,1-5,8H2,(H,24,25,27,29)/t11-,13-/m1/s1. The lowest BCUT2D eigenvalue weighted by atomic mass is 9.90. The third-order valence-electron chi connectivity index (χ3n) is 5.81. The highest BCUT2D eigenvalue weighted by atomic mass is 19.3. The van der Waals surface area contributed by atoms with Crippen molar-refractivity contribution in [2.75, 3.05) is 29.9 Å². The van der Waals surface area contributed by atoms with Gasteiger partial charge in [-0.3, -0.25) is 9.78 Å². The van der Waals surface area contributed by atoms with E-state index >= 15 is 0 Å². The summed E-state index contributed by atoms with van der Waals surface area (Å²) in [6.07, 6.45) is 3.97. The molecule has 4 heterocycles. The molecule has 2 aromatic rings. The largest absolute Gasteiger partial charge is 0.352 e. The number of alkyl halides is 2. The molecule has 1 saturated heterocycles. The second-order valence-corrected chi connectivity index (χ2v) is 7.78. The van der Waals surface area contributed by atoms with Crippen molar-refractivity contribution in [3.63, 3.8) is 0 Å². The number of hydrogen-bond donors (Lipinski definition) is 2. The maximum atomic E-state index is 13.7. The van der Waals surface area contributed by atoms with Crippen molar-refractivity contribution in [3.05, 3.63) is 24.3 Å². The number of amides is 1. The number of aromatic nitrogens is 4. The Morgan fingerprint density at radius 2 is 2.07 bits per heavy atom. The van der Waals surface area contributed by atoms with E-state index in [2.05, 4.69) is 35.5 Å². The summed E-state index contributed by atoms with van der Waals surface area (Å²) in [5.74, 6) is -0.188. The van der Waals surface area contributed by atoms with Crippen molar-refractivity contribution in [1.29, 1.82) is 0 Å². The lowest BCUT2D eigenvalue weighted by Crippen LogP contribution is -2.52. The number of nitrogens with one attached hydrogen (secondary N) is 2. The quantitative estimate of drug-likeness (QED) is 0.807. The van der Waals surface area contributed by atoms with Gasteiger partial charge in [0.1, 0.15) is 23.7 Å². The van der Waals surface area contributed by atoms with Gasteiger partial charge in [0.15, 0.2) is 0 Å². The van der Waals surface area contributed by atoms with Crippen molar-refractivity contribution in [1.82, 2.24) is 25.3 Å². The van der Waals surface area contributed by atoms with Gasteiger partial charge in [0, 0.05) is 37.7 Å². The molecule has 152 valence electrons. The monoisotopic (exact) mass is 401 g/mol. The summed E-state index contributed by atoms with van der Waals surface area (Å²) in [7, 11) is 0. The van der Waals surface area contributed by atoms with Gasteiger partial charge >= 0.3 is 0 Å². The number of halogens is 2. The average molecular weight is 401 g/mol. The van der Waals surface area contributed by atoms with Crippen LogP contribution in [0.2, 0.25) is 0 Å². The lowest BCUT2D eigenvalue weighted by Gasteiger charge is -2.34. The average Bonchev–Trinajstić information content (AvgIpc) is 3.58. The maximum Gasteiger partial charge on any atom is 0.246 e. The summed E-state index contributed by atoms with van der Waals surface area (Å²) >= 11 is 0. The molecule has 1 saturated carbocycles. The van der Waals surface area contributed by atoms with Crippen molar-refractivity contribution in [2.24, 2.45) is 5.92 Å². The second kappa shape index (κ2) is 7.25. The van der Waals surface area contributed by atoms with Gasteiger partial charge in [-0.15, -0.1) is 0 Å². The fourth-order valence-electron chi connectivity index (χ4n) is 4.17. The molecule has 0 spiro atoms. The third kappa shape index (κ3) is 3.52. The number of carbonyl (C=O) groups excluding carboxylic acids is 1. The molecule has 0 unspecified atom stereocenters. The van der Waals surface area contributed by atoms with E-state index in [0.29, 0.717) is 23.2 Å². The minimum Gasteiger partial charge on any atom is -0.352 e. The van der Waals surface area contributed by atoms with Gasteiger partial charge < -0.3 is 15.5 Å². The van der Waals surface area contributed by atoms with Crippen LogP contribution in [0.4, 0.5) is 20.4 Å². The molecular formula is C19H21F2N7O. The van der Waals surface area contributed by atoms with Crippen molar-refractivity contribution in [2.45, 2.75) is 37.6 Å². The number of rotatable bonds is 4. The van der Waals surface area contributed by atoms with Crippen LogP contribution in [0.25, 0.3) is 11.4 Å². The van der Waals surface area contributed by atoms with E-state index in [-0.39, 0.29) is 17.8 Å². The zero-order valence-electron chi connectivity index (χ0n) is 15.7. The molecule has 29 heavy (non-hydrogen) atoms. The number of anilines is 2. The van der Waals surface area contributed by atoms with Crippen LogP contribution in [0.1, 0.15) is 30.7 Å². The van der Waals surface area contributed by atoms with E-state index in [0.717, 1.165) is 25.6 Å². The molecule has 8 nitrogen and oxygen atoms in total. The highest BCUT2D eigenvalue weighted by Crippen LogP contribution is 2.40. The van der Waals surface area contributed by atoms with Crippen LogP contribution in [0.3, 0.4) is 0 Å². The zero-order valence-corrected chi connectivity index (χ0v) is 15.7. The fourth-order valence-corrected chi connectivity index (χ4v) is 4.17. The predicted octanol–water partition coefficient (Wildman–Crippen LogP) is 1.81. The molecule has 2 aromatic heterocycles. The van der Waals surface area contributed by atoms with E-state index in [1.54, 1.807) is 6.20 Å². The Bertz CT molecular complexity index is 937. The molecule has 2 atom stereocenters. The van der Waals surface area contributed by atoms with E-state index in [4.69, 9.17) is 0 Å². The summed E-state index contributed by atoms with van der Waals surface area (Å²) in [6.45, 7) is 2.52. The van der Waals surface area contributed by atoms with Crippen LogP contribution in [-0.2, 0) is 4.79 Å². The SMILES string of the molecule is O=C1C[C@@H](C(F)F)c2c(ncnc2-c2cncc(N3CCN[C@@H](C4CC4)C3)n2)N1. The first kappa shape index (κ1) is 18.3. The summed E-state index contributed by atoms with van der Waals surface area (Å²) in [6, 6.07) is 0.444. The smallest absolute Gasteiger partial charge is 0.246 e. The highest BCUT2D eigenvalue weighted by molar-refractivity contribution is 5.95. The Morgan fingerprint density at radius 3 is 2.86 bits per heavy atom. The Hall–Kier alpha value is -2.75. The molecular weight excluding hydrogens is 380 g/mol. The Balaban J connectivity index is 1.50. The van der Waals surface area contributed by atoms with Crippen LogP contribution in [0.5, 0.6) is 0 Å². The summed E-state index contributed by atoms with van der Waals surface area (Å²) in [5.41, 5.74) is 0.928. The van der Waals surface area contributed by atoms with Gasteiger partial charge in [-0.25, -0.2) is 23.7 Å². The first-order valence-corrected chi connectivity index (χ1v) is 9.84. The molecule has 2 fully saturated rings. The van der Waals surface area contributed by atoms with Gasteiger partial charge in [-0.1, -0.05) is 0 Å². The lowest BCUT2D eigenvalue weighted by molar-refractivity contribution is -0.117. The van der Waals surface area contributed by atoms with E-state index < -0.39 is 18.3 Å². The Labute approximate surface area is 166 Å². The zero-order chi connectivity index (χ0) is 20.0. The number of nitrogens with zero attached hydrogens (tertiary/aromatic N) is 5. The highest BCUT2D eigenvalue weighted by Gasteiger charge is 2.37. The van der Waals surface area contributed by atoms with Crippen LogP contribution in [-0.4, -0.2) is 57.9 Å². The van der Waals surface area contributed by atoms with Crippen LogP contribution >= 0.6 is 0 Å². The van der Waals surface area contributed by atoms with Crippen molar-refractivity contribution in [3.8, 4) is 11.4 Å². The van der Waals surface area contributed by atoms with E-state index in [9.17, 15) is 13.6 Å². The number of carbonyl (C=O) groups is 1. The first-order chi connectivity index (χ1) is 14.1. The van der Waals surface area contributed by atoms with Crippen LogP contribution in [0.15, 0.2) is 18.7 Å². The summed E-state index contributed by atoms with van der Waals surface area (Å²) < 4.78 is 27.4. The third-order valence-corrected chi connectivity index (χ3v) is 5.81. The molecule has 0 bridgehead atoms. The summed E-state index contributed by atoms with van der Waals surface area (Å²) in [4.78, 5) is 31.2. The Morgan fingerprint density at radius 1 is 1.21 bits per heavy atom. The molecule has 1 aliphatic carbocycles. The van der Waals surface area contributed by atoms with Crippen molar-refractivity contribution >= 4 is 17.5 Å². The maximum absolute atomic E-state index is 13.7. The Kier molecular flexibility index (Phi) is 4.57. The molecule has 0 aromatic carbocycles. The molecule has 2 aliphatic heterocycles. The molecule has 3 aliphatic rings. The van der Waals surface area contributed by atoms with Gasteiger partial charge in [0.25, 0.3) is 0 Å². The minimum absolute atomic E-state index is 0.125. The van der Waals surface area contributed by atoms with E-state index in [1.807, 2.05) is 0 Å². The molecule has 5 rings (SSSR count). The second-order valence-electron chi connectivity index (χ2n) is 7.78. The first-order valence-electron chi connectivity index (χ1n) is 9.84. The molecule has 10 heteroatoms. The van der Waals surface area contributed by atoms with Crippen molar-refractivity contribution < 1.29 is 13.6 Å². The molecule has 1 amide bonds. The minimum atomic E-state index is -2.70. The molecule has 0 radical (unpaired) electrons. The van der Waals surface area contributed by atoms with Gasteiger partial charge in [0.05, 0.1) is 24.0 Å². The molecule has 2 N–H and O–H groups in total. The predicted molar refractivity (Wildman–Crippen MR) is 102 cm³/mol. The van der Waals surface area contributed by atoms with Gasteiger partial charge in [-0.05, 0) is 18.8 Å². The summed E-state index contributed by atoms with van der Waals surface area (Å²) in [5, 5.41) is 6.12. The van der Waals surface area contributed by atoms with E-state index in [1.165, 1.54) is 25.4 Å².